The van der Waals surface area contributed by atoms with Crippen LogP contribution in [0.4, 0.5) is 0 Å². The number of sulfonamides is 1. The Kier molecular flexibility index (Phi) is 6.71. The summed E-state index contributed by atoms with van der Waals surface area (Å²) in [6.45, 7) is 2.43. The summed E-state index contributed by atoms with van der Waals surface area (Å²) in [6, 6.07) is 6.31. The molecule has 2 aliphatic rings. The highest BCUT2D eigenvalue weighted by molar-refractivity contribution is 7.89. The number of amides is 1. The Balaban J connectivity index is 1.41. The topological polar surface area (TPSA) is 102 Å². The van der Waals surface area contributed by atoms with Gasteiger partial charge in [0.05, 0.1) is 42.1 Å². The zero-order valence-corrected chi connectivity index (χ0v) is 18.4. The van der Waals surface area contributed by atoms with E-state index >= 15 is 0 Å². The van der Waals surface area contributed by atoms with E-state index in [-0.39, 0.29) is 22.9 Å². The molecule has 31 heavy (non-hydrogen) atoms. The average molecular weight is 467 g/mol. The SMILES string of the molecule is O=C(c1ccc(S(=O)(=O)N2CCOCC2)cc1)N1CCCC(Oc2ncc(Cl)cn2)C1. The van der Waals surface area contributed by atoms with Crippen molar-refractivity contribution in [3.8, 4) is 6.01 Å². The highest BCUT2D eigenvalue weighted by Crippen LogP contribution is 2.21. The summed E-state index contributed by atoms with van der Waals surface area (Å²) in [6.07, 6.45) is 4.27. The minimum Gasteiger partial charge on any atom is -0.458 e. The van der Waals surface area contributed by atoms with Crippen LogP contribution in [0.5, 0.6) is 6.01 Å². The molecular formula is C20H23ClN4O5S. The molecule has 0 saturated carbocycles. The number of carbonyl (C=O) groups excluding carboxylic acids is 1. The smallest absolute Gasteiger partial charge is 0.316 e. The molecule has 2 aliphatic heterocycles. The van der Waals surface area contributed by atoms with Gasteiger partial charge >= 0.3 is 6.01 Å². The van der Waals surface area contributed by atoms with Gasteiger partial charge in [-0.25, -0.2) is 18.4 Å². The number of piperidine rings is 1. The Hall–Kier alpha value is -2.27. The lowest BCUT2D eigenvalue weighted by atomic mass is 10.1. The van der Waals surface area contributed by atoms with Crippen molar-refractivity contribution in [1.82, 2.24) is 19.2 Å². The molecule has 166 valence electrons. The standard InChI is InChI=1S/C20H23ClN4O5S/c21-16-12-22-20(23-13-16)30-17-2-1-7-24(14-17)19(26)15-3-5-18(6-4-15)31(27,28)25-8-10-29-11-9-25/h3-6,12-13,17H,1-2,7-11,14H2. The van der Waals surface area contributed by atoms with Crippen LogP contribution in [0.25, 0.3) is 0 Å². The highest BCUT2D eigenvalue weighted by atomic mass is 35.5. The first-order valence-corrected chi connectivity index (χ1v) is 11.9. The van der Waals surface area contributed by atoms with Crippen molar-refractivity contribution < 1.29 is 22.7 Å². The quantitative estimate of drug-likeness (QED) is 0.662. The summed E-state index contributed by atoms with van der Waals surface area (Å²) in [5, 5.41) is 0.423. The largest absolute Gasteiger partial charge is 0.458 e. The lowest BCUT2D eigenvalue weighted by Crippen LogP contribution is -2.44. The van der Waals surface area contributed by atoms with Gasteiger partial charge in [-0.3, -0.25) is 4.79 Å². The van der Waals surface area contributed by atoms with Crippen LogP contribution in [0.1, 0.15) is 23.2 Å². The van der Waals surface area contributed by atoms with Crippen LogP contribution in [0.2, 0.25) is 5.02 Å². The molecule has 1 unspecified atom stereocenters. The molecule has 0 spiro atoms. The fourth-order valence-corrected chi connectivity index (χ4v) is 5.12. The van der Waals surface area contributed by atoms with E-state index in [0.29, 0.717) is 50.0 Å². The van der Waals surface area contributed by atoms with Crippen molar-refractivity contribution in [3.63, 3.8) is 0 Å². The van der Waals surface area contributed by atoms with Gasteiger partial charge in [-0.05, 0) is 37.1 Å². The molecule has 2 fully saturated rings. The summed E-state index contributed by atoms with van der Waals surface area (Å²) in [5.74, 6) is -0.166. The maximum atomic E-state index is 13.0. The Labute approximate surface area is 186 Å². The zero-order valence-electron chi connectivity index (χ0n) is 16.8. The number of hydrogen-bond acceptors (Lipinski definition) is 7. The fourth-order valence-electron chi connectivity index (χ4n) is 3.62. The molecule has 9 nitrogen and oxygen atoms in total. The Morgan fingerprint density at radius 3 is 2.45 bits per heavy atom. The number of likely N-dealkylation sites (tertiary alicyclic amines) is 1. The molecule has 1 aromatic carbocycles. The van der Waals surface area contributed by atoms with Gasteiger partial charge in [0, 0.05) is 25.2 Å². The number of morpholine rings is 1. The van der Waals surface area contributed by atoms with Crippen LogP contribution < -0.4 is 4.74 Å². The fraction of sp³-hybridized carbons (Fsp3) is 0.450. The molecule has 0 radical (unpaired) electrons. The third-order valence-corrected chi connectivity index (χ3v) is 7.35. The molecule has 1 atom stereocenters. The van der Waals surface area contributed by atoms with Gasteiger partial charge in [-0.2, -0.15) is 4.31 Å². The molecule has 0 N–H and O–H groups in total. The van der Waals surface area contributed by atoms with E-state index in [1.165, 1.54) is 28.8 Å². The van der Waals surface area contributed by atoms with E-state index in [2.05, 4.69) is 9.97 Å². The maximum absolute atomic E-state index is 13.0. The summed E-state index contributed by atoms with van der Waals surface area (Å²) in [7, 11) is -3.59. The van der Waals surface area contributed by atoms with Crippen molar-refractivity contribution >= 4 is 27.5 Å². The third kappa shape index (κ3) is 5.15. The molecule has 3 heterocycles. The zero-order chi connectivity index (χ0) is 21.8. The predicted octanol–water partition coefficient (Wildman–Crippen LogP) is 1.83. The van der Waals surface area contributed by atoms with Crippen LogP contribution in [0.15, 0.2) is 41.6 Å². The van der Waals surface area contributed by atoms with E-state index < -0.39 is 10.0 Å². The average Bonchev–Trinajstić information content (AvgIpc) is 2.81. The van der Waals surface area contributed by atoms with Crippen molar-refractivity contribution in [1.29, 1.82) is 0 Å². The predicted molar refractivity (Wildman–Crippen MR) is 113 cm³/mol. The highest BCUT2D eigenvalue weighted by Gasteiger charge is 2.28. The second kappa shape index (κ2) is 9.47. The number of nitrogens with zero attached hydrogens (tertiary/aromatic N) is 4. The van der Waals surface area contributed by atoms with Gasteiger partial charge in [-0.15, -0.1) is 0 Å². The normalized spacial score (nSPS) is 20.4. The van der Waals surface area contributed by atoms with Gasteiger partial charge in [0.2, 0.25) is 10.0 Å². The van der Waals surface area contributed by atoms with Crippen molar-refractivity contribution in [3.05, 3.63) is 47.2 Å². The van der Waals surface area contributed by atoms with Crippen LogP contribution in [0.3, 0.4) is 0 Å². The molecule has 1 aromatic heterocycles. The van der Waals surface area contributed by atoms with E-state index in [9.17, 15) is 13.2 Å². The van der Waals surface area contributed by atoms with Gasteiger partial charge in [0.15, 0.2) is 0 Å². The maximum Gasteiger partial charge on any atom is 0.316 e. The lowest BCUT2D eigenvalue weighted by Gasteiger charge is -2.32. The first-order chi connectivity index (χ1) is 14.9. The number of carbonyl (C=O) groups is 1. The molecule has 4 rings (SSSR count). The molecule has 2 saturated heterocycles. The number of hydrogen-bond donors (Lipinski definition) is 0. The Morgan fingerprint density at radius 2 is 1.77 bits per heavy atom. The Morgan fingerprint density at radius 1 is 1.10 bits per heavy atom. The van der Waals surface area contributed by atoms with Crippen LogP contribution in [0, 0.1) is 0 Å². The van der Waals surface area contributed by atoms with E-state index in [1.807, 2.05) is 0 Å². The van der Waals surface area contributed by atoms with E-state index in [4.69, 9.17) is 21.1 Å². The van der Waals surface area contributed by atoms with Crippen LogP contribution >= 0.6 is 11.6 Å². The van der Waals surface area contributed by atoms with Gasteiger partial charge in [-0.1, -0.05) is 11.6 Å². The molecule has 0 aliphatic carbocycles. The molecule has 11 heteroatoms. The van der Waals surface area contributed by atoms with Crippen molar-refractivity contribution in [2.45, 2.75) is 23.8 Å². The minimum atomic E-state index is -3.59. The number of benzene rings is 1. The second-order valence-corrected chi connectivity index (χ2v) is 9.73. The Bertz CT molecular complexity index is 1010. The lowest BCUT2D eigenvalue weighted by molar-refractivity contribution is 0.0515. The summed E-state index contributed by atoms with van der Waals surface area (Å²) in [4.78, 5) is 22.9. The first-order valence-electron chi connectivity index (χ1n) is 10.0. The van der Waals surface area contributed by atoms with E-state index in [1.54, 1.807) is 17.0 Å². The monoisotopic (exact) mass is 466 g/mol. The summed E-state index contributed by atoms with van der Waals surface area (Å²) < 4.78 is 37.9. The van der Waals surface area contributed by atoms with Gasteiger partial charge in [0.25, 0.3) is 5.91 Å². The van der Waals surface area contributed by atoms with Gasteiger partial charge in [0.1, 0.15) is 6.10 Å². The third-order valence-electron chi connectivity index (χ3n) is 5.24. The summed E-state index contributed by atoms with van der Waals surface area (Å²) in [5.41, 5.74) is 0.435. The first kappa shape index (κ1) is 21.9. The second-order valence-electron chi connectivity index (χ2n) is 7.36. The van der Waals surface area contributed by atoms with Gasteiger partial charge < -0.3 is 14.4 Å². The number of ether oxygens (including phenoxy) is 2. The summed E-state index contributed by atoms with van der Waals surface area (Å²) >= 11 is 5.79. The molecule has 0 bridgehead atoms. The van der Waals surface area contributed by atoms with E-state index in [0.717, 1.165) is 12.8 Å². The van der Waals surface area contributed by atoms with Crippen LogP contribution in [-0.4, -0.2) is 79.0 Å². The number of halogens is 1. The molecule has 2 aromatic rings. The van der Waals surface area contributed by atoms with Crippen LogP contribution in [-0.2, 0) is 14.8 Å². The number of aromatic nitrogens is 2. The van der Waals surface area contributed by atoms with Crippen molar-refractivity contribution in [2.24, 2.45) is 0 Å². The molecule has 1 amide bonds. The number of rotatable bonds is 5. The molecular weight excluding hydrogens is 444 g/mol. The minimum absolute atomic E-state index is 0.166. The van der Waals surface area contributed by atoms with Crippen molar-refractivity contribution in [2.75, 3.05) is 39.4 Å².